The van der Waals surface area contributed by atoms with Gasteiger partial charge in [-0.15, -0.1) is 0 Å². The summed E-state index contributed by atoms with van der Waals surface area (Å²) in [7, 11) is -3.19. The molecular formula is C4H5N2O2S. The maximum Gasteiger partial charge on any atom is 0.250 e. The Labute approximate surface area is 53.2 Å². The fraction of sp³-hybridized carbons (Fsp3) is 0.250. The molecule has 0 atom stereocenters. The van der Waals surface area contributed by atoms with Crippen molar-refractivity contribution in [1.82, 2.24) is 9.19 Å². The van der Waals surface area contributed by atoms with E-state index in [2.05, 4.69) is 11.2 Å². The van der Waals surface area contributed by atoms with Crippen molar-refractivity contribution >= 4 is 10.0 Å². The number of hydrogen-bond acceptors (Lipinski definition) is 3. The second-order valence-corrected chi connectivity index (χ2v) is 3.42. The summed E-state index contributed by atoms with van der Waals surface area (Å²) in [5.41, 5.74) is 0. The molecule has 0 saturated carbocycles. The van der Waals surface area contributed by atoms with E-state index in [1.54, 1.807) is 0 Å². The number of aromatic nitrogens is 2. The molecule has 1 radical (unpaired) electrons. The zero-order valence-electron chi connectivity index (χ0n) is 4.77. The molecule has 0 unspecified atom stereocenters. The quantitative estimate of drug-likeness (QED) is 0.535. The fourth-order valence-corrected chi connectivity index (χ4v) is 0.873. The Bertz CT molecular complexity index is 274. The third kappa shape index (κ3) is 1.29. The first kappa shape index (κ1) is 6.28. The van der Waals surface area contributed by atoms with Gasteiger partial charge in [0, 0.05) is 6.07 Å². The standard InChI is InChI=1S/C4H5N2O2S/c1-9(7,8)6-4-2-3-5-6/h3-4H,1H3. The Morgan fingerprint density at radius 2 is 2.33 bits per heavy atom. The van der Waals surface area contributed by atoms with Gasteiger partial charge in [-0.05, 0) is 0 Å². The molecule has 0 aliphatic heterocycles. The third-order valence-electron chi connectivity index (χ3n) is 0.771. The maximum absolute atomic E-state index is 10.6. The zero-order chi connectivity index (χ0) is 6.91. The van der Waals surface area contributed by atoms with Crippen LogP contribution in [0.3, 0.4) is 0 Å². The van der Waals surface area contributed by atoms with Gasteiger partial charge in [0.1, 0.15) is 0 Å². The zero-order valence-corrected chi connectivity index (χ0v) is 5.59. The molecule has 1 aromatic heterocycles. The van der Waals surface area contributed by atoms with Crippen molar-refractivity contribution in [2.24, 2.45) is 0 Å². The van der Waals surface area contributed by atoms with Gasteiger partial charge in [-0.2, -0.15) is 9.19 Å². The Balaban J connectivity index is 3.20. The van der Waals surface area contributed by atoms with Crippen molar-refractivity contribution in [2.45, 2.75) is 0 Å². The molecule has 1 heterocycles. The molecule has 0 saturated heterocycles. The first-order valence-corrected chi connectivity index (χ1v) is 4.07. The van der Waals surface area contributed by atoms with Crippen LogP contribution in [0.1, 0.15) is 0 Å². The number of nitrogens with zero attached hydrogens (tertiary/aromatic N) is 2. The Kier molecular flexibility index (Phi) is 1.28. The van der Waals surface area contributed by atoms with Crippen LogP contribution >= 0.6 is 0 Å². The van der Waals surface area contributed by atoms with Gasteiger partial charge in [0.15, 0.2) is 0 Å². The first-order chi connectivity index (χ1) is 4.11. The molecule has 0 aliphatic rings. The lowest BCUT2D eigenvalue weighted by Crippen LogP contribution is -2.09. The topological polar surface area (TPSA) is 52.0 Å². The van der Waals surface area contributed by atoms with E-state index in [1.165, 1.54) is 12.4 Å². The molecule has 1 aromatic rings. The number of hydrogen-bond donors (Lipinski definition) is 0. The molecule has 49 valence electrons. The van der Waals surface area contributed by atoms with E-state index in [0.717, 1.165) is 10.3 Å². The summed E-state index contributed by atoms with van der Waals surface area (Å²) in [4.78, 5) is 0. The van der Waals surface area contributed by atoms with E-state index < -0.39 is 10.0 Å². The fourth-order valence-electron chi connectivity index (χ4n) is 0.402. The van der Waals surface area contributed by atoms with Crippen molar-refractivity contribution < 1.29 is 8.42 Å². The van der Waals surface area contributed by atoms with Gasteiger partial charge < -0.3 is 0 Å². The van der Waals surface area contributed by atoms with E-state index in [4.69, 9.17) is 0 Å². The molecule has 9 heavy (non-hydrogen) atoms. The van der Waals surface area contributed by atoms with Gasteiger partial charge in [-0.25, -0.2) is 8.42 Å². The van der Waals surface area contributed by atoms with Crippen molar-refractivity contribution in [1.29, 1.82) is 0 Å². The molecule has 0 aromatic carbocycles. The highest BCUT2D eigenvalue weighted by molar-refractivity contribution is 7.89. The van der Waals surface area contributed by atoms with Gasteiger partial charge in [-0.1, -0.05) is 0 Å². The predicted octanol–water partition coefficient (Wildman–Crippen LogP) is -0.509. The molecule has 0 N–H and O–H groups in total. The summed E-state index contributed by atoms with van der Waals surface area (Å²) in [5.74, 6) is 0. The maximum atomic E-state index is 10.6. The van der Waals surface area contributed by atoms with Gasteiger partial charge in [0.05, 0.1) is 18.6 Å². The largest absolute Gasteiger partial charge is 0.250 e. The second-order valence-electron chi connectivity index (χ2n) is 1.58. The van der Waals surface area contributed by atoms with Crippen LogP contribution in [0.2, 0.25) is 0 Å². The molecule has 0 fully saturated rings. The van der Waals surface area contributed by atoms with E-state index in [-0.39, 0.29) is 0 Å². The van der Waals surface area contributed by atoms with E-state index in [9.17, 15) is 8.42 Å². The molecule has 5 heteroatoms. The first-order valence-electron chi connectivity index (χ1n) is 2.22. The third-order valence-corrected chi connectivity index (χ3v) is 1.65. The highest BCUT2D eigenvalue weighted by Crippen LogP contribution is 1.87. The minimum atomic E-state index is -3.19. The smallest absolute Gasteiger partial charge is 0.205 e. The van der Waals surface area contributed by atoms with E-state index >= 15 is 0 Å². The van der Waals surface area contributed by atoms with Crippen LogP contribution in [-0.4, -0.2) is 23.9 Å². The summed E-state index contributed by atoms with van der Waals surface area (Å²) in [5, 5.41) is 3.46. The van der Waals surface area contributed by atoms with Crippen LogP contribution in [0.4, 0.5) is 0 Å². The van der Waals surface area contributed by atoms with Crippen LogP contribution in [0.25, 0.3) is 0 Å². The molecule has 1 rings (SSSR count). The van der Waals surface area contributed by atoms with Crippen molar-refractivity contribution in [3.05, 3.63) is 18.5 Å². The van der Waals surface area contributed by atoms with Gasteiger partial charge in [0.2, 0.25) is 0 Å². The predicted molar refractivity (Wildman–Crippen MR) is 31.3 cm³/mol. The molecule has 0 bridgehead atoms. The Morgan fingerprint density at radius 3 is 2.56 bits per heavy atom. The van der Waals surface area contributed by atoms with E-state index in [0.29, 0.717) is 0 Å². The Morgan fingerprint density at radius 1 is 1.67 bits per heavy atom. The van der Waals surface area contributed by atoms with Crippen LogP contribution in [-0.2, 0) is 10.0 Å². The van der Waals surface area contributed by atoms with E-state index in [1.807, 2.05) is 0 Å². The molecular weight excluding hydrogens is 140 g/mol. The minimum Gasteiger partial charge on any atom is -0.205 e. The summed E-state index contributed by atoms with van der Waals surface area (Å²) in [6, 6.07) is 2.51. The second kappa shape index (κ2) is 1.84. The normalized spacial score (nSPS) is 11.7. The van der Waals surface area contributed by atoms with Crippen LogP contribution in [0.15, 0.2) is 12.4 Å². The number of rotatable bonds is 1. The monoisotopic (exact) mass is 145 g/mol. The summed E-state index contributed by atoms with van der Waals surface area (Å²) in [6.07, 6.45) is 3.63. The molecule has 0 aliphatic carbocycles. The summed E-state index contributed by atoms with van der Waals surface area (Å²) < 4.78 is 22.0. The van der Waals surface area contributed by atoms with Crippen LogP contribution in [0.5, 0.6) is 0 Å². The minimum absolute atomic E-state index is 0.854. The van der Waals surface area contributed by atoms with Crippen LogP contribution < -0.4 is 0 Å². The van der Waals surface area contributed by atoms with Gasteiger partial charge in [0.25, 0.3) is 10.0 Å². The summed E-state index contributed by atoms with van der Waals surface area (Å²) >= 11 is 0. The lowest BCUT2D eigenvalue weighted by atomic mass is 10.8. The lowest BCUT2D eigenvalue weighted by Gasteiger charge is -1.92. The van der Waals surface area contributed by atoms with Crippen molar-refractivity contribution in [3.63, 3.8) is 0 Å². The van der Waals surface area contributed by atoms with Gasteiger partial charge >= 0.3 is 0 Å². The Hall–Kier alpha value is -0.840. The average molecular weight is 145 g/mol. The molecule has 0 amide bonds. The molecule has 0 spiro atoms. The van der Waals surface area contributed by atoms with Crippen molar-refractivity contribution in [2.75, 3.05) is 6.26 Å². The SMILES string of the molecule is CS(=O)(=O)n1c[c]cn1. The van der Waals surface area contributed by atoms with Gasteiger partial charge in [-0.3, -0.25) is 0 Å². The lowest BCUT2D eigenvalue weighted by molar-refractivity contribution is 0.586. The molecule has 4 nitrogen and oxygen atoms in total. The van der Waals surface area contributed by atoms with Crippen LogP contribution in [0, 0.1) is 6.07 Å². The van der Waals surface area contributed by atoms with Crippen molar-refractivity contribution in [3.8, 4) is 0 Å². The highest BCUT2D eigenvalue weighted by Gasteiger charge is 2.01. The summed E-state index contributed by atoms with van der Waals surface area (Å²) in [6.45, 7) is 0. The average Bonchev–Trinajstić information content (AvgIpc) is 2.08. The highest BCUT2D eigenvalue weighted by atomic mass is 32.2.